The van der Waals surface area contributed by atoms with Gasteiger partial charge < -0.3 is 5.11 Å². The molecule has 1 aliphatic rings. The van der Waals surface area contributed by atoms with Crippen LogP contribution in [0.1, 0.15) is 31.7 Å². The SMILES string of the molecule is CC(C)C(C(=O)O)S(=O)(=O)C1CC1c1ccccc1. The molecule has 0 spiro atoms. The van der Waals surface area contributed by atoms with Crippen molar-refractivity contribution in [3.63, 3.8) is 0 Å². The highest BCUT2D eigenvalue weighted by Gasteiger charge is 2.53. The maximum Gasteiger partial charge on any atom is 0.322 e. The fraction of sp³-hybridized carbons (Fsp3) is 0.500. The second-order valence-electron chi connectivity index (χ2n) is 5.38. The lowest BCUT2D eigenvalue weighted by Gasteiger charge is -2.16. The van der Waals surface area contributed by atoms with Gasteiger partial charge in [0.1, 0.15) is 0 Å². The van der Waals surface area contributed by atoms with E-state index in [9.17, 15) is 13.2 Å². The van der Waals surface area contributed by atoms with E-state index in [0.717, 1.165) is 5.56 Å². The summed E-state index contributed by atoms with van der Waals surface area (Å²) in [4.78, 5) is 11.2. The van der Waals surface area contributed by atoms with Gasteiger partial charge >= 0.3 is 5.97 Å². The van der Waals surface area contributed by atoms with Gasteiger partial charge in [-0.3, -0.25) is 4.79 Å². The van der Waals surface area contributed by atoms with Crippen molar-refractivity contribution in [3.8, 4) is 0 Å². The van der Waals surface area contributed by atoms with Gasteiger partial charge in [0.05, 0.1) is 5.25 Å². The fourth-order valence-corrected chi connectivity index (χ4v) is 5.09. The smallest absolute Gasteiger partial charge is 0.322 e. The van der Waals surface area contributed by atoms with Crippen molar-refractivity contribution >= 4 is 15.8 Å². The molecule has 0 aliphatic heterocycles. The Morgan fingerprint density at radius 1 is 1.26 bits per heavy atom. The monoisotopic (exact) mass is 282 g/mol. The normalized spacial score (nSPS) is 24.2. The number of rotatable bonds is 5. The maximum absolute atomic E-state index is 12.4. The van der Waals surface area contributed by atoms with Gasteiger partial charge in [-0.05, 0) is 17.9 Å². The predicted molar refractivity (Wildman–Crippen MR) is 72.8 cm³/mol. The zero-order valence-electron chi connectivity index (χ0n) is 11.0. The minimum atomic E-state index is -3.62. The van der Waals surface area contributed by atoms with Gasteiger partial charge in [0.25, 0.3) is 0 Å². The molecule has 104 valence electrons. The highest BCUT2D eigenvalue weighted by molar-refractivity contribution is 7.93. The third-order valence-corrected chi connectivity index (χ3v) is 6.40. The van der Waals surface area contributed by atoms with Gasteiger partial charge in [-0.2, -0.15) is 0 Å². The van der Waals surface area contributed by atoms with Gasteiger partial charge in [-0.25, -0.2) is 8.42 Å². The van der Waals surface area contributed by atoms with Crippen LogP contribution in [0.15, 0.2) is 30.3 Å². The molecule has 1 N–H and O–H groups in total. The molecule has 3 unspecified atom stereocenters. The number of benzene rings is 1. The van der Waals surface area contributed by atoms with Crippen molar-refractivity contribution < 1.29 is 18.3 Å². The second-order valence-corrected chi connectivity index (χ2v) is 7.67. The standard InChI is InChI=1S/C14H18O4S/c1-9(2)13(14(15)16)19(17,18)12-8-11(12)10-6-4-3-5-7-10/h3-7,9,11-13H,8H2,1-2H3,(H,15,16). The van der Waals surface area contributed by atoms with Crippen LogP contribution in [0.5, 0.6) is 0 Å². The summed E-state index contributed by atoms with van der Waals surface area (Å²) >= 11 is 0. The van der Waals surface area contributed by atoms with Crippen LogP contribution in [-0.2, 0) is 14.6 Å². The van der Waals surface area contributed by atoms with Gasteiger partial charge in [-0.1, -0.05) is 44.2 Å². The van der Waals surface area contributed by atoms with Gasteiger partial charge in [0.2, 0.25) is 0 Å². The molecule has 0 heterocycles. The molecule has 4 nitrogen and oxygen atoms in total. The van der Waals surface area contributed by atoms with Gasteiger partial charge in [0.15, 0.2) is 15.1 Å². The highest BCUT2D eigenvalue weighted by atomic mass is 32.2. The molecule has 1 saturated carbocycles. The highest BCUT2D eigenvalue weighted by Crippen LogP contribution is 2.47. The Balaban J connectivity index is 2.22. The molecular weight excluding hydrogens is 264 g/mol. The molecular formula is C14H18O4S. The van der Waals surface area contributed by atoms with E-state index in [0.29, 0.717) is 6.42 Å². The van der Waals surface area contributed by atoms with E-state index < -0.39 is 32.2 Å². The van der Waals surface area contributed by atoms with E-state index >= 15 is 0 Å². The molecule has 0 aromatic heterocycles. The average molecular weight is 282 g/mol. The van der Waals surface area contributed by atoms with E-state index in [-0.39, 0.29) is 5.92 Å². The molecule has 19 heavy (non-hydrogen) atoms. The predicted octanol–water partition coefficient (Wildman–Crippen LogP) is 2.07. The Morgan fingerprint density at radius 2 is 1.84 bits per heavy atom. The summed E-state index contributed by atoms with van der Waals surface area (Å²) in [5.41, 5.74) is 0.976. The second kappa shape index (κ2) is 4.96. The molecule has 1 aromatic carbocycles. The van der Waals surface area contributed by atoms with Crippen LogP contribution in [0.4, 0.5) is 0 Å². The molecule has 0 saturated heterocycles. The van der Waals surface area contributed by atoms with Crippen molar-refractivity contribution in [1.82, 2.24) is 0 Å². The van der Waals surface area contributed by atoms with Crippen LogP contribution >= 0.6 is 0 Å². The first-order valence-corrected chi connectivity index (χ1v) is 7.97. The van der Waals surface area contributed by atoms with Gasteiger partial charge in [0, 0.05) is 5.92 Å². The quantitative estimate of drug-likeness (QED) is 0.897. The van der Waals surface area contributed by atoms with E-state index in [4.69, 9.17) is 5.11 Å². The third kappa shape index (κ3) is 2.66. The lowest BCUT2D eigenvalue weighted by atomic mass is 10.1. The van der Waals surface area contributed by atoms with Crippen molar-refractivity contribution in [3.05, 3.63) is 35.9 Å². The Kier molecular flexibility index (Phi) is 3.67. The lowest BCUT2D eigenvalue weighted by molar-refractivity contribution is -0.137. The topological polar surface area (TPSA) is 71.4 Å². The minimum absolute atomic E-state index is 0.0493. The Hall–Kier alpha value is -1.36. The lowest BCUT2D eigenvalue weighted by Crippen LogP contribution is -2.37. The van der Waals surface area contributed by atoms with Crippen LogP contribution in [0.2, 0.25) is 0 Å². The molecule has 0 amide bonds. The molecule has 1 aliphatic carbocycles. The van der Waals surface area contributed by atoms with Crippen LogP contribution in [0.3, 0.4) is 0 Å². The summed E-state index contributed by atoms with van der Waals surface area (Å²) in [7, 11) is -3.62. The number of aliphatic carboxylic acids is 1. The van der Waals surface area contributed by atoms with Crippen LogP contribution < -0.4 is 0 Å². The average Bonchev–Trinajstić information content (AvgIpc) is 3.08. The Labute approximate surface area is 113 Å². The number of sulfone groups is 1. The summed E-state index contributed by atoms with van der Waals surface area (Å²) < 4.78 is 24.8. The van der Waals surface area contributed by atoms with Crippen LogP contribution in [0, 0.1) is 5.92 Å². The number of hydrogen-bond acceptors (Lipinski definition) is 3. The molecule has 3 atom stereocenters. The molecule has 0 bridgehead atoms. The number of carboxylic acid groups (broad SMARTS) is 1. The number of hydrogen-bond donors (Lipinski definition) is 1. The molecule has 1 aromatic rings. The maximum atomic E-state index is 12.4. The summed E-state index contributed by atoms with van der Waals surface area (Å²) in [5.74, 6) is -1.71. The molecule has 5 heteroatoms. The first kappa shape index (κ1) is 14.1. The van der Waals surface area contributed by atoms with E-state index in [1.165, 1.54) is 0 Å². The fourth-order valence-electron chi connectivity index (χ4n) is 2.58. The third-order valence-electron chi connectivity index (χ3n) is 3.58. The summed E-state index contributed by atoms with van der Waals surface area (Å²) in [6.45, 7) is 3.27. The van der Waals surface area contributed by atoms with Crippen molar-refractivity contribution in [2.24, 2.45) is 5.92 Å². The van der Waals surface area contributed by atoms with Crippen LogP contribution in [0.25, 0.3) is 0 Å². The minimum Gasteiger partial charge on any atom is -0.480 e. The number of carbonyl (C=O) groups is 1. The summed E-state index contributed by atoms with van der Waals surface area (Å²) in [6.07, 6.45) is 0.531. The summed E-state index contributed by atoms with van der Waals surface area (Å²) in [5, 5.41) is 7.29. The Morgan fingerprint density at radius 3 is 2.32 bits per heavy atom. The van der Waals surface area contributed by atoms with Crippen molar-refractivity contribution in [2.45, 2.75) is 36.7 Å². The van der Waals surface area contributed by atoms with Crippen molar-refractivity contribution in [1.29, 1.82) is 0 Å². The van der Waals surface area contributed by atoms with E-state index in [2.05, 4.69) is 0 Å². The molecule has 0 radical (unpaired) electrons. The van der Waals surface area contributed by atoms with E-state index in [1.54, 1.807) is 13.8 Å². The van der Waals surface area contributed by atoms with Crippen LogP contribution in [-0.4, -0.2) is 30.0 Å². The first-order chi connectivity index (χ1) is 8.85. The van der Waals surface area contributed by atoms with Gasteiger partial charge in [-0.15, -0.1) is 0 Å². The summed E-state index contributed by atoms with van der Waals surface area (Å²) in [6, 6.07) is 9.41. The molecule has 2 rings (SSSR count). The largest absolute Gasteiger partial charge is 0.480 e. The van der Waals surface area contributed by atoms with E-state index in [1.807, 2.05) is 30.3 Å². The van der Waals surface area contributed by atoms with Crippen molar-refractivity contribution in [2.75, 3.05) is 0 Å². The zero-order chi connectivity index (χ0) is 14.2. The zero-order valence-corrected chi connectivity index (χ0v) is 11.8. The number of carboxylic acids is 1. The molecule has 1 fully saturated rings. The Bertz CT molecular complexity index is 562. The first-order valence-electron chi connectivity index (χ1n) is 6.36.